The summed E-state index contributed by atoms with van der Waals surface area (Å²) in [5.74, 6) is 0.114. The first-order valence-electron chi connectivity index (χ1n) is 7.84. The molecule has 0 spiro atoms. The summed E-state index contributed by atoms with van der Waals surface area (Å²) in [5.41, 5.74) is 0.857. The fourth-order valence-corrected chi connectivity index (χ4v) is 3.13. The van der Waals surface area contributed by atoms with Crippen LogP contribution in [0.5, 0.6) is 5.75 Å². The largest absolute Gasteiger partial charge is 0.494 e. The van der Waals surface area contributed by atoms with Crippen LogP contribution in [-0.2, 0) is 4.79 Å². The number of anilines is 1. The van der Waals surface area contributed by atoms with E-state index in [1.165, 1.54) is 23.9 Å². The highest BCUT2D eigenvalue weighted by Crippen LogP contribution is 2.29. The van der Waals surface area contributed by atoms with Crippen molar-refractivity contribution in [2.24, 2.45) is 0 Å². The van der Waals surface area contributed by atoms with E-state index in [9.17, 15) is 14.9 Å². The van der Waals surface area contributed by atoms with Gasteiger partial charge in [-0.1, -0.05) is 17.8 Å². The first-order valence-corrected chi connectivity index (χ1v) is 8.83. The van der Waals surface area contributed by atoms with Gasteiger partial charge >= 0.3 is 0 Å². The average Bonchev–Trinajstić information content (AvgIpc) is 3.04. The van der Waals surface area contributed by atoms with E-state index in [2.05, 4.69) is 10.3 Å². The van der Waals surface area contributed by atoms with Crippen molar-refractivity contribution in [3.05, 3.63) is 58.9 Å². The molecule has 9 heteroatoms. The van der Waals surface area contributed by atoms with Gasteiger partial charge in [-0.25, -0.2) is 4.98 Å². The van der Waals surface area contributed by atoms with E-state index in [0.29, 0.717) is 17.5 Å². The molecule has 0 radical (unpaired) electrons. The minimum Gasteiger partial charge on any atom is -0.494 e. The second-order valence-electron chi connectivity index (χ2n) is 5.24. The van der Waals surface area contributed by atoms with Crippen molar-refractivity contribution in [2.75, 3.05) is 17.7 Å². The van der Waals surface area contributed by atoms with Gasteiger partial charge in [0.25, 0.3) is 5.69 Å². The monoisotopic (exact) mass is 372 g/mol. The van der Waals surface area contributed by atoms with E-state index in [1.807, 2.05) is 28.8 Å². The Hall–Kier alpha value is -3.07. The van der Waals surface area contributed by atoms with Crippen LogP contribution >= 0.6 is 11.8 Å². The topological polar surface area (TPSA) is 98.8 Å². The molecule has 0 aliphatic carbocycles. The number of nitro groups is 1. The number of rotatable bonds is 7. The van der Waals surface area contributed by atoms with Crippen molar-refractivity contribution >= 4 is 34.6 Å². The van der Waals surface area contributed by atoms with Crippen LogP contribution in [0.4, 0.5) is 11.4 Å². The lowest BCUT2D eigenvalue weighted by Gasteiger charge is -2.08. The molecule has 2 heterocycles. The van der Waals surface area contributed by atoms with E-state index < -0.39 is 4.92 Å². The van der Waals surface area contributed by atoms with Gasteiger partial charge in [0.2, 0.25) is 5.91 Å². The molecule has 2 aromatic heterocycles. The molecule has 0 saturated carbocycles. The number of carbonyl (C=O) groups is 1. The second-order valence-corrected chi connectivity index (χ2v) is 6.18. The maximum Gasteiger partial charge on any atom is 0.296 e. The standard InChI is InChI=1S/C17H16N4O4S/c1-2-25-13-6-7-14(15(9-13)21(23)24)19-16(22)11-26-17-18-10-12-5-3-4-8-20(12)17/h3-10H,2,11H2,1H3,(H,19,22). The Kier molecular flexibility index (Phi) is 5.37. The third-order valence-electron chi connectivity index (χ3n) is 3.49. The lowest BCUT2D eigenvalue weighted by Crippen LogP contribution is -2.15. The van der Waals surface area contributed by atoms with Gasteiger partial charge in [0, 0.05) is 6.20 Å². The molecule has 0 aliphatic rings. The molecule has 1 amide bonds. The van der Waals surface area contributed by atoms with Crippen molar-refractivity contribution in [3.63, 3.8) is 0 Å². The zero-order chi connectivity index (χ0) is 18.5. The molecule has 3 aromatic rings. The molecule has 134 valence electrons. The number of benzene rings is 1. The third kappa shape index (κ3) is 3.94. The van der Waals surface area contributed by atoms with Gasteiger partial charge < -0.3 is 10.1 Å². The van der Waals surface area contributed by atoms with E-state index in [1.54, 1.807) is 19.2 Å². The van der Waals surface area contributed by atoms with Crippen molar-refractivity contribution < 1.29 is 14.5 Å². The molecule has 0 aliphatic heterocycles. The number of aromatic nitrogens is 2. The van der Waals surface area contributed by atoms with Crippen LogP contribution in [-0.4, -0.2) is 32.6 Å². The van der Waals surface area contributed by atoms with Crippen LogP contribution in [0.3, 0.4) is 0 Å². The second kappa shape index (κ2) is 7.87. The molecule has 26 heavy (non-hydrogen) atoms. The lowest BCUT2D eigenvalue weighted by molar-refractivity contribution is -0.384. The van der Waals surface area contributed by atoms with Crippen molar-refractivity contribution in [3.8, 4) is 5.75 Å². The Morgan fingerprint density at radius 1 is 1.38 bits per heavy atom. The molecule has 0 bridgehead atoms. The van der Waals surface area contributed by atoms with Crippen molar-refractivity contribution in [2.45, 2.75) is 12.1 Å². The molecule has 1 aromatic carbocycles. The summed E-state index contributed by atoms with van der Waals surface area (Å²) in [6.07, 6.45) is 3.58. The van der Waals surface area contributed by atoms with Crippen LogP contribution in [0.25, 0.3) is 5.52 Å². The molecule has 0 fully saturated rings. The normalized spacial score (nSPS) is 10.7. The zero-order valence-electron chi connectivity index (χ0n) is 13.9. The Morgan fingerprint density at radius 3 is 3.00 bits per heavy atom. The number of hydrogen-bond donors (Lipinski definition) is 1. The number of ether oxygens (including phenoxy) is 1. The Labute approximate surface area is 153 Å². The predicted octanol–water partition coefficient (Wildman–Crippen LogP) is 3.37. The minimum atomic E-state index is -0.548. The Bertz CT molecular complexity index is 957. The van der Waals surface area contributed by atoms with Gasteiger partial charge in [-0.15, -0.1) is 0 Å². The zero-order valence-corrected chi connectivity index (χ0v) is 14.7. The molecule has 0 atom stereocenters. The highest BCUT2D eigenvalue weighted by molar-refractivity contribution is 7.99. The van der Waals surface area contributed by atoms with Gasteiger partial charge in [-0.05, 0) is 31.2 Å². The number of nitrogens with one attached hydrogen (secondary N) is 1. The first kappa shape index (κ1) is 17.7. The quantitative estimate of drug-likeness (QED) is 0.388. The SMILES string of the molecule is CCOc1ccc(NC(=O)CSc2ncc3ccccn23)c([N+](=O)[O-])c1. The van der Waals surface area contributed by atoms with Gasteiger partial charge in [0.1, 0.15) is 11.4 Å². The van der Waals surface area contributed by atoms with Crippen molar-refractivity contribution in [1.29, 1.82) is 0 Å². The highest BCUT2D eigenvalue weighted by atomic mass is 32.2. The van der Waals surface area contributed by atoms with Crippen LogP contribution in [0.15, 0.2) is 53.9 Å². The van der Waals surface area contributed by atoms with Crippen LogP contribution in [0.2, 0.25) is 0 Å². The summed E-state index contributed by atoms with van der Waals surface area (Å²) < 4.78 is 7.13. The summed E-state index contributed by atoms with van der Waals surface area (Å²) in [6.45, 7) is 2.19. The summed E-state index contributed by atoms with van der Waals surface area (Å²) >= 11 is 1.25. The van der Waals surface area contributed by atoms with Gasteiger partial charge in [0.15, 0.2) is 5.16 Å². The Morgan fingerprint density at radius 2 is 2.23 bits per heavy atom. The number of amides is 1. The number of hydrogen-bond acceptors (Lipinski definition) is 6. The van der Waals surface area contributed by atoms with Gasteiger partial charge in [-0.3, -0.25) is 19.3 Å². The molecule has 1 N–H and O–H groups in total. The predicted molar refractivity (Wildman–Crippen MR) is 98.8 cm³/mol. The summed E-state index contributed by atoms with van der Waals surface area (Å²) in [5, 5.41) is 14.5. The molecular formula is C17H16N4O4S. The van der Waals surface area contributed by atoms with E-state index >= 15 is 0 Å². The van der Waals surface area contributed by atoms with E-state index in [-0.39, 0.29) is 23.0 Å². The Balaban J connectivity index is 1.69. The molecule has 0 saturated heterocycles. The number of nitro benzene ring substituents is 1. The summed E-state index contributed by atoms with van der Waals surface area (Å²) in [4.78, 5) is 27.2. The average molecular weight is 372 g/mol. The van der Waals surface area contributed by atoms with Crippen molar-refractivity contribution in [1.82, 2.24) is 9.38 Å². The maximum absolute atomic E-state index is 12.2. The van der Waals surface area contributed by atoms with E-state index in [4.69, 9.17) is 4.74 Å². The van der Waals surface area contributed by atoms with Crippen LogP contribution < -0.4 is 10.1 Å². The fourth-order valence-electron chi connectivity index (χ4n) is 2.37. The molecule has 3 rings (SSSR count). The number of imidazole rings is 1. The molecular weight excluding hydrogens is 356 g/mol. The van der Waals surface area contributed by atoms with Gasteiger partial charge in [0.05, 0.1) is 35.1 Å². The fraction of sp³-hybridized carbons (Fsp3) is 0.176. The summed E-state index contributed by atoms with van der Waals surface area (Å²) in [6, 6.07) is 10.1. The number of fused-ring (bicyclic) bond motifs is 1. The third-order valence-corrected chi connectivity index (χ3v) is 4.45. The molecule has 8 nitrogen and oxygen atoms in total. The van der Waals surface area contributed by atoms with E-state index in [0.717, 1.165) is 5.52 Å². The first-order chi connectivity index (χ1) is 12.6. The summed E-state index contributed by atoms with van der Waals surface area (Å²) in [7, 11) is 0. The maximum atomic E-state index is 12.2. The van der Waals surface area contributed by atoms with Gasteiger partial charge in [-0.2, -0.15) is 0 Å². The highest BCUT2D eigenvalue weighted by Gasteiger charge is 2.18. The lowest BCUT2D eigenvalue weighted by atomic mass is 10.2. The number of thioether (sulfide) groups is 1. The molecule has 0 unspecified atom stereocenters. The number of pyridine rings is 1. The number of carbonyl (C=O) groups excluding carboxylic acids is 1. The smallest absolute Gasteiger partial charge is 0.296 e. The number of nitrogens with zero attached hydrogens (tertiary/aromatic N) is 3. The van der Waals surface area contributed by atoms with Crippen LogP contribution in [0.1, 0.15) is 6.92 Å². The minimum absolute atomic E-state index is 0.0817. The van der Waals surface area contributed by atoms with Crippen LogP contribution in [0, 0.1) is 10.1 Å².